The first-order valence-corrected chi connectivity index (χ1v) is 8.66. The third-order valence-electron chi connectivity index (χ3n) is 4.10. The summed E-state index contributed by atoms with van der Waals surface area (Å²) in [5.74, 6) is 1.00. The van der Waals surface area contributed by atoms with Crippen molar-refractivity contribution < 1.29 is 4.42 Å². The maximum Gasteiger partial charge on any atom is 0.240 e. The van der Waals surface area contributed by atoms with Crippen molar-refractivity contribution in [3.63, 3.8) is 0 Å². The van der Waals surface area contributed by atoms with Crippen LogP contribution >= 0.6 is 11.6 Å². The first kappa shape index (κ1) is 16.5. The molecule has 0 amide bonds. The van der Waals surface area contributed by atoms with Crippen LogP contribution in [0.4, 0.5) is 0 Å². The van der Waals surface area contributed by atoms with Crippen LogP contribution in [0.15, 0.2) is 59.1 Å². The van der Waals surface area contributed by atoms with Crippen LogP contribution in [0, 0.1) is 6.92 Å². The van der Waals surface area contributed by atoms with Crippen LogP contribution in [0.1, 0.15) is 28.5 Å². The van der Waals surface area contributed by atoms with E-state index in [4.69, 9.17) is 16.0 Å². The molecule has 0 saturated carbocycles. The van der Waals surface area contributed by atoms with Crippen molar-refractivity contribution in [1.82, 2.24) is 15.2 Å². The number of aromatic nitrogens is 3. The number of hydrogen-bond donors (Lipinski definition) is 0. The van der Waals surface area contributed by atoms with Crippen LogP contribution in [0.5, 0.6) is 0 Å². The normalized spacial score (nSPS) is 11.5. The molecule has 0 fully saturated rings. The molecule has 4 aromatic rings. The minimum Gasteiger partial charge on any atom is -0.421 e. The monoisotopic (exact) mass is 361 g/mol. The second-order valence-electron chi connectivity index (χ2n) is 6.06. The summed E-state index contributed by atoms with van der Waals surface area (Å²) in [5.41, 5.74) is 4.05. The molecule has 0 saturated heterocycles. The van der Waals surface area contributed by atoms with Crippen molar-refractivity contribution >= 4 is 34.7 Å². The zero-order chi connectivity index (χ0) is 17.9. The third kappa shape index (κ3) is 3.51. The van der Waals surface area contributed by atoms with Crippen LogP contribution in [0.2, 0.25) is 5.02 Å². The Bertz CT molecular complexity index is 1100. The summed E-state index contributed by atoms with van der Waals surface area (Å²) < 4.78 is 5.74. The van der Waals surface area contributed by atoms with Gasteiger partial charge >= 0.3 is 0 Å². The van der Waals surface area contributed by atoms with Crippen LogP contribution in [-0.2, 0) is 6.42 Å². The van der Waals surface area contributed by atoms with Gasteiger partial charge in [-0.15, -0.1) is 10.2 Å². The SMILES string of the molecule is Cc1ccc(/C=C/c2nnc(Cc3cccc4cccnc34)o2)c(Cl)c1. The standard InChI is InChI=1S/C21H16ClN3O/c1-14-7-8-15(18(22)12-14)9-10-19-24-25-20(26-19)13-17-5-2-4-16-6-3-11-23-21(16)17/h2-12H,13H2,1H3/b10-9+. The highest BCUT2D eigenvalue weighted by Crippen LogP contribution is 2.21. The smallest absolute Gasteiger partial charge is 0.240 e. The number of aryl methyl sites for hydroxylation is 1. The number of benzene rings is 2. The number of halogens is 1. The van der Waals surface area contributed by atoms with E-state index in [9.17, 15) is 0 Å². The predicted octanol–water partition coefficient (Wildman–Crippen LogP) is 5.34. The van der Waals surface area contributed by atoms with Gasteiger partial charge in [0.05, 0.1) is 11.9 Å². The molecule has 0 atom stereocenters. The van der Waals surface area contributed by atoms with Gasteiger partial charge in [-0.1, -0.05) is 48.0 Å². The molecule has 26 heavy (non-hydrogen) atoms. The summed E-state index contributed by atoms with van der Waals surface area (Å²) in [7, 11) is 0. The van der Waals surface area contributed by atoms with Crippen molar-refractivity contribution in [3.8, 4) is 0 Å². The molecular weight excluding hydrogens is 346 g/mol. The first-order valence-electron chi connectivity index (χ1n) is 8.28. The van der Waals surface area contributed by atoms with E-state index in [2.05, 4.69) is 15.2 Å². The van der Waals surface area contributed by atoms with E-state index in [-0.39, 0.29) is 0 Å². The molecule has 4 rings (SSSR count). The van der Waals surface area contributed by atoms with Crippen molar-refractivity contribution in [2.24, 2.45) is 0 Å². The molecule has 128 valence electrons. The van der Waals surface area contributed by atoms with Crippen LogP contribution < -0.4 is 0 Å². The van der Waals surface area contributed by atoms with E-state index < -0.39 is 0 Å². The predicted molar refractivity (Wildman–Crippen MR) is 104 cm³/mol. The molecule has 0 aliphatic carbocycles. The van der Waals surface area contributed by atoms with Gasteiger partial charge in [0.2, 0.25) is 11.8 Å². The van der Waals surface area contributed by atoms with E-state index in [0.29, 0.717) is 23.2 Å². The van der Waals surface area contributed by atoms with E-state index in [0.717, 1.165) is 27.6 Å². The highest BCUT2D eigenvalue weighted by Gasteiger charge is 2.08. The third-order valence-corrected chi connectivity index (χ3v) is 4.43. The lowest BCUT2D eigenvalue weighted by Crippen LogP contribution is -1.91. The van der Waals surface area contributed by atoms with Crippen molar-refractivity contribution in [1.29, 1.82) is 0 Å². The van der Waals surface area contributed by atoms with Crippen LogP contribution in [-0.4, -0.2) is 15.2 Å². The lowest BCUT2D eigenvalue weighted by molar-refractivity contribution is 0.497. The van der Waals surface area contributed by atoms with Crippen molar-refractivity contribution in [2.75, 3.05) is 0 Å². The number of para-hydroxylation sites is 1. The Hall–Kier alpha value is -2.98. The summed E-state index contributed by atoms with van der Waals surface area (Å²) >= 11 is 6.24. The van der Waals surface area contributed by atoms with Gasteiger partial charge < -0.3 is 4.42 Å². The van der Waals surface area contributed by atoms with Gasteiger partial charge in [0.15, 0.2) is 0 Å². The molecule has 2 heterocycles. The number of nitrogens with zero attached hydrogens (tertiary/aromatic N) is 3. The fourth-order valence-electron chi connectivity index (χ4n) is 2.81. The second-order valence-corrected chi connectivity index (χ2v) is 6.47. The molecule has 0 bridgehead atoms. The topological polar surface area (TPSA) is 51.8 Å². The molecule has 0 spiro atoms. The number of pyridine rings is 1. The zero-order valence-electron chi connectivity index (χ0n) is 14.2. The summed E-state index contributed by atoms with van der Waals surface area (Å²) in [6, 6.07) is 16.0. The minimum atomic E-state index is 0.449. The Morgan fingerprint density at radius 3 is 2.81 bits per heavy atom. The van der Waals surface area contributed by atoms with Gasteiger partial charge in [-0.2, -0.15) is 0 Å². The Labute approximate surface area is 156 Å². The maximum atomic E-state index is 6.24. The Balaban J connectivity index is 1.55. The molecule has 0 aliphatic heterocycles. The molecule has 0 N–H and O–H groups in total. The minimum absolute atomic E-state index is 0.449. The van der Waals surface area contributed by atoms with E-state index in [1.54, 1.807) is 12.3 Å². The molecule has 0 unspecified atom stereocenters. The molecule has 4 nitrogen and oxygen atoms in total. The van der Waals surface area contributed by atoms with E-state index in [1.165, 1.54) is 0 Å². The number of hydrogen-bond acceptors (Lipinski definition) is 4. The average Bonchev–Trinajstić information content (AvgIpc) is 3.09. The molecule has 5 heteroatoms. The fourth-order valence-corrected chi connectivity index (χ4v) is 3.10. The zero-order valence-corrected chi connectivity index (χ0v) is 14.9. The summed E-state index contributed by atoms with van der Waals surface area (Å²) in [5, 5.41) is 10.0. The summed E-state index contributed by atoms with van der Waals surface area (Å²) in [6.07, 6.45) is 5.98. The Morgan fingerprint density at radius 1 is 1.04 bits per heavy atom. The Morgan fingerprint density at radius 2 is 1.92 bits per heavy atom. The lowest BCUT2D eigenvalue weighted by atomic mass is 10.1. The lowest BCUT2D eigenvalue weighted by Gasteiger charge is -2.02. The molecule has 2 aromatic carbocycles. The summed E-state index contributed by atoms with van der Waals surface area (Å²) in [6.45, 7) is 2.01. The summed E-state index contributed by atoms with van der Waals surface area (Å²) in [4.78, 5) is 4.46. The van der Waals surface area contributed by atoms with Crippen LogP contribution in [0.25, 0.3) is 23.1 Å². The number of rotatable bonds is 4. The quantitative estimate of drug-likeness (QED) is 0.492. The van der Waals surface area contributed by atoms with Crippen LogP contribution in [0.3, 0.4) is 0 Å². The molecule has 2 aromatic heterocycles. The van der Waals surface area contributed by atoms with Gasteiger partial charge in [0.25, 0.3) is 0 Å². The van der Waals surface area contributed by atoms with Gasteiger partial charge in [0, 0.05) is 22.7 Å². The van der Waals surface area contributed by atoms with E-state index in [1.807, 2.05) is 61.5 Å². The molecule has 0 aliphatic rings. The molecule has 0 radical (unpaired) electrons. The maximum absolute atomic E-state index is 6.24. The van der Waals surface area contributed by atoms with E-state index >= 15 is 0 Å². The second kappa shape index (κ2) is 7.10. The van der Waals surface area contributed by atoms with Crippen molar-refractivity contribution in [2.45, 2.75) is 13.3 Å². The molecular formula is C21H16ClN3O. The van der Waals surface area contributed by atoms with Gasteiger partial charge in [-0.05, 0) is 41.8 Å². The van der Waals surface area contributed by atoms with Gasteiger partial charge in [-0.25, -0.2) is 0 Å². The largest absolute Gasteiger partial charge is 0.421 e. The number of fused-ring (bicyclic) bond motifs is 1. The van der Waals surface area contributed by atoms with Gasteiger partial charge in [-0.3, -0.25) is 4.98 Å². The highest BCUT2D eigenvalue weighted by molar-refractivity contribution is 6.32. The highest BCUT2D eigenvalue weighted by atomic mass is 35.5. The van der Waals surface area contributed by atoms with Gasteiger partial charge in [0.1, 0.15) is 0 Å². The fraction of sp³-hybridized carbons (Fsp3) is 0.0952. The average molecular weight is 362 g/mol. The first-order chi connectivity index (χ1) is 12.7. The Kier molecular flexibility index (Phi) is 4.50. The van der Waals surface area contributed by atoms with Crippen molar-refractivity contribution in [3.05, 3.63) is 88.2 Å².